The molecule has 0 amide bonds. The van der Waals surface area contributed by atoms with Gasteiger partial charge in [0.1, 0.15) is 5.82 Å². The van der Waals surface area contributed by atoms with Gasteiger partial charge in [-0.05, 0) is 72.3 Å². The van der Waals surface area contributed by atoms with Crippen molar-refractivity contribution in [2.75, 3.05) is 6.54 Å². The summed E-state index contributed by atoms with van der Waals surface area (Å²) in [7, 11) is 0. The molecule has 3 aromatic rings. The normalized spacial score (nSPS) is 11.2. The number of hydrogen-bond acceptors (Lipinski definition) is 1. The highest BCUT2D eigenvalue weighted by molar-refractivity contribution is 5.81. The summed E-state index contributed by atoms with van der Waals surface area (Å²) in [4.78, 5) is 0. The van der Waals surface area contributed by atoms with E-state index in [0.29, 0.717) is 13.1 Å². The van der Waals surface area contributed by atoms with Crippen molar-refractivity contribution in [3.05, 3.63) is 71.2 Å². The van der Waals surface area contributed by atoms with Crippen molar-refractivity contribution in [1.29, 1.82) is 0 Å². The lowest BCUT2D eigenvalue weighted by molar-refractivity contribution is 0.623. The van der Waals surface area contributed by atoms with Crippen LogP contribution in [-0.4, -0.2) is 11.1 Å². The Labute approximate surface area is 124 Å². The quantitative estimate of drug-likeness (QED) is 0.778. The summed E-state index contributed by atoms with van der Waals surface area (Å²) in [6.07, 6.45) is 2.95. The highest BCUT2D eigenvalue weighted by Gasteiger charge is 2.06. The van der Waals surface area contributed by atoms with Crippen LogP contribution in [0.5, 0.6) is 0 Å². The molecule has 0 unspecified atom stereocenters. The zero-order valence-electron chi connectivity index (χ0n) is 12.1. The van der Waals surface area contributed by atoms with E-state index in [0.717, 1.165) is 17.5 Å². The van der Waals surface area contributed by atoms with Gasteiger partial charge in [-0.15, -0.1) is 0 Å². The van der Waals surface area contributed by atoms with Crippen molar-refractivity contribution in [2.45, 2.75) is 19.9 Å². The summed E-state index contributed by atoms with van der Waals surface area (Å²) < 4.78 is 15.6. The fourth-order valence-corrected chi connectivity index (χ4v) is 2.70. The minimum Gasteiger partial charge on any atom is -0.343 e. The van der Waals surface area contributed by atoms with Crippen LogP contribution in [0, 0.1) is 12.7 Å². The fourth-order valence-electron chi connectivity index (χ4n) is 2.70. The van der Waals surface area contributed by atoms with E-state index < -0.39 is 0 Å². The first-order valence-corrected chi connectivity index (χ1v) is 7.20. The predicted octanol–water partition coefficient (Wildman–Crippen LogP) is 3.64. The molecule has 1 heterocycles. The monoisotopic (exact) mass is 282 g/mol. The highest BCUT2D eigenvalue weighted by Crippen LogP contribution is 2.20. The van der Waals surface area contributed by atoms with Gasteiger partial charge in [-0.3, -0.25) is 0 Å². The minimum atomic E-state index is -0.183. The van der Waals surface area contributed by atoms with E-state index in [1.54, 1.807) is 6.07 Å². The van der Waals surface area contributed by atoms with Gasteiger partial charge in [-0.1, -0.05) is 12.1 Å². The lowest BCUT2D eigenvalue weighted by atomic mass is 10.1. The zero-order chi connectivity index (χ0) is 14.8. The van der Waals surface area contributed by atoms with Crippen LogP contribution in [0.4, 0.5) is 4.39 Å². The van der Waals surface area contributed by atoms with E-state index in [9.17, 15) is 4.39 Å². The van der Waals surface area contributed by atoms with Crippen LogP contribution >= 0.6 is 0 Å². The van der Waals surface area contributed by atoms with Crippen LogP contribution in [0.2, 0.25) is 0 Å². The standard InChI is InChI=1S/C18H19FN2/c1-13-2-4-17(19)11-16(13)12-21-9-7-15-10-14(6-8-20)3-5-18(15)21/h2-5,7,9-11H,6,8,12,20H2,1H3. The van der Waals surface area contributed by atoms with Crippen LogP contribution < -0.4 is 5.73 Å². The highest BCUT2D eigenvalue weighted by atomic mass is 19.1. The maximum Gasteiger partial charge on any atom is 0.123 e. The van der Waals surface area contributed by atoms with E-state index in [-0.39, 0.29) is 5.82 Å². The molecule has 0 radical (unpaired) electrons. The van der Waals surface area contributed by atoms with Crippen molar-refractivity contribution in [3.63, 3.8) is 0 Å². The molecule has 21 heavy (non-hydrogen) atoms. The van der Waals surface area contributed by atoms with Gasteiger partial charge >= 0.3 is 0 Å². The van der Waals surface area contributed by atoms with Crippen molar-refractivity contribution in [1.82, 2.24) is 4.57 Å². The number of rotatable bonds is 4. The summed E-state index contributed by atoms with van der Waals surface area (Å²) in [5.41, 5.74) is 10.1. The van der Waals surface area contributed by atoms with Gasteiger partial charge in [-0.2, -0.15) is 0 Å². The average Bonchev–Trinajstić information content (AvgIpc) is 2.86. The van der Waals surface area contributed by atoms with Gasteiger partial charge in [0, 0.05) is 18.3 Å². The number of nitrogens with zero attached hydrogens (tertiary/aromatic N) is 1. The predicted molar refractivity (Wildman–Crippen MR) is 84.9 cm³/mol. The molecular weight excluding hydrogens is 263 g/mol. The molecule has 3 rings (SSSR count). The van der Waals surface area contributed by atoms with E-state index in [4.69, 9.17) is 5.73 Å². The first-order chi connectivity index (χ1) is 10.2. The van der Waals surface area contributed by atoms with Crippen LogP contribution in [0.25, 0.3) is 10.9 Å². The molecule has 0 bridgehead atoms. The Bertz CT molecular complexity index is 774. The summed E-state index contributed by atoms with van der Waals surface area (Å²) >= 11 is 0. The van der Waals surface area contributed by atoms with Crippen molar-refractivity contribution in [2.24, 2.45) is 5.73 Å². The van der Waals surface area contributed by atoms with Gasteiger partial charge in [0.15, 0.2) is 0 Å². The van der Waals surface area contributed by atoms with Crippen molar-refractivity contribution in [3.8, 4) is 0 Å². The molecule has 2 N–H and O–H groups in total. The Hall–Kier alpha value is -2.13. The van der Waals surface area contributed by atoms with Crippen LogP contribution in [0.3, 0.4) is 0 Å². The van der Waals surface area contributed by atoms with Gasteiger partial charge in [0.05, 0.1) is 0 Å². The Kier molecular flexibility index (Phi) is 3.76. The maximum absolute atomic E-state index is 13.4. The molecule has 0 aliphatic heterocycles. The molecule has 0 saturated carbocycles. The van der Waals surface area contributed by atoms with Gasteiger partial charge in [0.25, 0.3) is 0 Å². The van der Waals surface area contributed by atoms with E-state index in [1.165, 1.54) is 22.5 Å². The summed E-state index contributed by atoms with van der Waals surface area (Å²) in [5.74, 6) is -0.183. The number of halogens is 1. The number of aryl methyl sites for hydroxylation is 1. The smallest absolute Gasteiger partial charge is 0.123 e. The molecular formula is C18H19FN2. The van der Waals surface area contributed by atoms with Crippen molar-refractivity contribution < 1.29 is 4.39 Å². The topological polar surface area (TPSA) is 30.9 Å². The van der Waals surface area contributed by atoms with E-state index in [2.05, 4.69) is 35.0 Å². The molecule has 0 saturated heterocycles. The lowest BCUT2D eigenvalue weighted by Crippen LogP contribution is -2.03. The SMILES string of the molecule is Cc1ccc(F)cc1Cn1ccc2cc(CCN)ccc21. The van der Waals surface area contributed by atoms with Crippen LogP contribution in [0.15, 0.2) is 48.7 Å². The second kappa shape index (κ2) is 5.70. The average molecular weight is 282 g/mol. The Morgan fingerprint density at radius 3 is 2.76 bits per heavy atom. The molecule has 0 atom stereocenters. The third-order valence-corrected chi connectivity index (χ3v) is 3.92. The summed E-state index contributed by atoms with van der Waals surface area (Å²) in [5, 5.41) is 1.20. The molecule has 1 aromatic heterocycles. The van der Waals surface area contributed by atoms with Crippen LogP contribution in [-0.2, 0) is 13.0 Å². The minimum absolute atomic E-state index is 0.183. The Balaban J connectivity index is 1.96. The first-order valence-electron chi connectivity index (χ1n) is 7.20. The maximum atomic E-state index is 13.4. The van der Waals surface area contributed by atoms with E-state index in [1.807, 2.05) is 13.0 Å². The fraction of sp³-hybridized carbons (Fsp3) is 0.222. The number of benzene rings is 2. The largest absolute Gasteiger partial charge is 0.343 e. The summed E-state index contributed by atoms with van der Waals surface area (Å²) in [6.45, 7) is 3.36. The first kappa shape index (κ1) is 13.8. The van der Waals surface area contributed by atoms with Crippen molar-refractivity contribution >= 4 is 10.9 Å². The van der Waals surface area contributed by atoms with Crippen LogP contribution in [0.1, 0.15) is 16.7 Å². The summed E-state index contributed by atoms with van der Waals surface area (Å²) in [6, 6.07) is 13.5. The molecule has 2 nitrogen and oxygen atoms in total. The third kappa shape index (κ3) is 2.83. The molecule has 2 aromatic carbocycles. The molecule has 108 valence electrons. The number of fused-ring (bicyclic) bond motifs is 1. The molecule has 0 aliphatic rings. The number of hydrogen-bond donors (Lipinski definition) is 1. The second-order valence-corrected chi connectivity index (χ2v) is 5.45. The number of aromatic nitrogens is 1. The van der Waals surface area contributed by atoms with Gasteiger partial charge in [0.2, 0.25) is 0 Å². The van der Waals surface area contributed by atoms with Gasteiger partial charge < -0.3 is 10.3 Å². The van der Waals surface area contributed by atoms with E-state index >= 15 is 0 Å². The Morgan fingerprint density at radius 1 is 1.10 bits per heavy atom. The lowest BCUT2D eigenvalue weighted by Gasteiger charge is -2.09. The second-order valence-electron chi connectivity index (χ2n) is 5.45. The molecule has 0 aliphatic carbocycles. The molecule has 0 spiro atoms. The number of nitrogens with two attached hydrogens (primary N) is 1. The molecule has 3 heteroatoms. The Morgan fingerprint density at radius 2 is 1.95 bits per heavy atom. The zero-order valence-corrected chi connectivity index (χ0v) is 12.1. The molecule has 0 fully saturated rings. The van der Waals surface area contributed by atoms with Gasteiger partial charge in [-0.25, -0.2) is 4.39 Å². The third-order valence-electron chi connectivity index (χ3n) is 3.92.